The van der Waals surface area contributed by atoms with E-state index in [4.69, 9.17) is 0 Å². The van der Waals surface area contributed by atoms with Crippen molar-refractivity contribution in [2.75, 3.05) is 7.05 Å². The lowest BCUT2D eigenvalue weighted by molar-refractivity contribution is -0.130. The third-order valence-corrected chi connectivity index (χ3v) is 2.23. The molecule has 1 rings (SSSR count). The second kappa shape index (κ2) is 4.79. The summed E-state index contributed by atoms with van der Waals surface area (Å²) >= 11 is 0. The zero-order valence-electron chi connectivity index (χ0n) is 9.03. The Kier molecular flexibility index (Phi) is 3.68. The molecule has 0 N–H and O–H groups in total. The highest BCUT2D eigenvalue weighted by Gasteiger charge is 2.08. The Morgan fingerprint density at radius 1 is 1.57 bits per heavy atom. The third kappa shape index (κ3) is 2.34. The monoisotopic (exact) mass is 195 g/mol. The van der Waals surface area contributed by atoms with Gasteiger partial charge < -0.3 is 4.90 Å². The van der Waals surface area contributed by atoms with Crippen LogP contribution in [0.3, 0.4) is 0 Å². The van der Waals surface area contributed by atoms with Crippen molar-refractivity contribution in [1.82, 2.24) is 14.7 Å². The maximum absolute atomic E-state index is 11.3. The molecular weight excluding hydrogens is 178 g/mol. The maximum atomic E-state index is 11.3. The maximum Gasteiger partial charge on any atom is 0.222 e. The fraction of sp³-hybridized carbons (Fsp3) is 0.600. The Morgan fingerprint density at radius 2 is 2.29 bits per heavy atom. The first-order chi connectivity index (χ1) is 6.69. The number of aromatic nitrogens is 2. The van der Waals surface area contributed by atoms with Crippen LogP contribution in [0.1, 0.15) is 26.0 Å². The van der Waals surface area contributed by atoms with Crippen LogP contribution in [-0.2, 0) is 17.9 Å². The predicted octanol–water partition coefficient (Wildman–Crippen LogP) is 1.27. The van der Waals surface area contributed by atoms with Gasteiger partial charge >= 0.3 is 0 Å². The van der Waals surface area contributed by atoms with Crippen LogP contribution in [0.15, 0.2) is 12.3 Å². The molecule has 0 bridgehead atoms. The summed E-state index contributed by atoms with van der Waals surface area (Å²) in [5, 5.41) is 4.15. The second-order valence-corrected chi connectivity index (χ2v) is 3.24. The van der Waals surface area contributed by atoms with Crippen molar-refractivity contribution in [2.24, 2.45) is 0 Å². The first-order valence-corrected chi connectivity index (χ1v) is 4.93. The van der Waals surface area contributed by atoms with Crippen LogP contribution in [0.4, 0.5) is 0 Å². The van der Waals surface area contributed by atoms with Gasteiger partial charge in [-0.3, -0.25) is 9.48 Å². The lowest BCUT2D eigenvalue weighted by Crippen LogP contribution is -2.26. The summed E-state index contributed by atoms with van der Waals surface area (Å²) in [6.07, 6.45) is 2.32. The Labute approximate surface area is 84.5 Å². The van der Waals surface area contributed by atoms with Gasteiger partial charge in [0.2, 0.25) is 5.91 Å². The molecule has 0 atom stereocenters. The van der Waals surface area contributed by atoms with Gasteiger partial charge in [-0.15, -0.1) is 0 Å². The van der Waals surface area contributed by atoms with Crippen LogP contribution in [0, 0.1) is 0 Å². The first kappa shape index (κ1) is 10.8. The highest BCUT2D eigenvalue weighted by Crippen LogP contribution is 2.03. The van der Waals surface area contributed by atoms with E-state index in [-0.39, 0.29) is 5.91 Å². The van der Waals surface area contributed by atoms with Gasteiger partial charge in [0.15, 0.2) is 0 Å². The number of aryl methyl sites for hydroxylation is 1. The van der Waals surface area contributed by atoms with Gasteiger partial charge in [-0.25, -0.2) is 0 Å². The van der Waals surface area contributed by atoms with Crippen LogP contribution >= 0.6 is 0 Å². The molecule has 4 nitrogen and oxygen atoms in total. The summed E-state index contributed by atoms with van der Waals surface area (Å²) in [6.45, 7) is 5.39. The molecule has 1 aromatic rings. The summed E-state index contributed by atoms with van der Waals surface area (Å²) < 4.78 is 1.90. The average Bonchev–Trinajstić information content (AvgIpc) is 2.63. The van der Waals surface area contributed by atoms with Crippen molar-refractivity contribution in [3.63, 3.8) is 0 Å². The fourth-order valence-corrected chi connectivity index (χ4v) is 1.38. The minimum Gasteiger partial charge on any atom is -0.340 e. The molecular formula is C10H17N3O. The zero-order chi connectivity index (χ0) is 10.6. The van der Waals surface area contributed by atoms with Crippen LogP contribution in [-0.4, -0.2) is 27.6 Å². The van der Waals surface area contributed by atoms with E-state index in [1.54, 1.807) is 11.1 Å². The number of rotatable bonds is 4. The Hall–Kier alpha value is -1.32. The number of carbonyl (C=O) groups is 1. The normalized spacial score (nSPS) is 10.2. The molecule has 14 heavy (non-hydrogen) atoms. The first-order valence-electron chi connectivity index (χ1n) is 4.93. The molecule has 1 heterocycles. The molecule has 4 heteroatoms. The average molecular weight is 195 g/mol. The second-order valence-electron chi connectivity index (χ2n) is 3.24. The molecule has 1 aromatic heterocycles. The van der Waals surface area contributed by atoms with E-state index >= 15 is 0 Å². The molecule has 0 radical (unpaired) electrons. The quantitative estimate of drug-likeness (QED) is 0.725. The predicted molar refractivity (Wildman–Crippen MR) is 54.7 cm³/mol. The zero-order valence-corrected chi connectivity index (χ0v) is 9.03. The highest BCUT2D eigenvalue weighted by molar-refractivity contribution is 5.75. The Morgan fingerprint density at radius 3 is 2.86 bits per heavy atom. The van der Waals surface area contributed by atoms with E-state index < -0.39 is 0 Å². The topological polar surface area (TPSA) is 38.1 Å². The number of nitrogens with zero attached hydrogens (tertiary/aromatic N) is 3. The van der Waals surface area contributed by atoms with E-state index in [1.165, 1.54) is 0 Å². The summed E-state index contributed by atoms with van der Waals surface area (Å²) in [5.41, 5.74) is 1.08. The molecule has 0 saturated carbocycles. The van der Waals surface area contributed by atoms with Crippen molar-refractivity contribution in [1.29, 1.82) is 0 Å². The molecule has 0 saturated heterocycles. The van der Waals surface area contributed by atoms with Gasteiger partial charge in [0.1, 0.15) is 0 Å². The summed E-state index contributed by atoms with van der Waals surface area (Å²) in [7, 11) is 1.82. The Balaban J connectivity index is 2.64. The Bertz CT molecular complexity index is 306. The van der Waals surface area contributed by atoms with Crippen molar-refractivity contribution in [3.05, 3.63) is 18.0 Å². The van der Waals surface area contributed by atoms with Gasteiger partial charge in [0.25, 0.3) is 0 Å². The molecule has 0 aliphatic rings. The molecule has 0 spiro atoms. The van der Waals surface area contributed by atoms with E-state index in [0.717, 1.165) is 12.2 Å². The number of hydrogen-bond donors (Lipinski definition) is 0. The highest BCUT2D eigenvalue weighted by atomic mass is 16.2. The molecule has 0 aliphatic heterocycles. The standard InChI is InChI=1S/C10H17N3O/c1-4-10(14)12(3)8-9-6-7-11-13(9)5-2/h6-7H,4-5,8H2,1-3H3. The van der Waals surface area contributed by atoms with Gasteiger partial charge in [-0.2, -0.15) is 5.10 Å². The van der Waals surface area contributed by atoms with Crippen molar-refractivity contribution >= 4 is 5.91 Å². The molecule has 0 aromatic carbocycles. The van der Waals surface area contributed by atoms with E-state index in [9.17, 15) is 4.79 Å². The third-order valence-electron chi connectivity index (χ3n) is 2.23. The largest absolute Gasteiger partial charge is 0.340 e. The summed E-state index contributed by atoms with van der Waals surface area (Å²) in [4.78, 5) is 13.1. The van der Waals surface area contributed by atoms with Gasteiger partial charge in [-0.1, -0.05) is 6.92 Å². The number of hydrogen-bond acceptors (Lipinski definition) is 2. The van der Waals surface area contributed by atoms with E-state index in [1.807, 2.05) is 31.6 Å². The van der Waals surface area contributed by atoms with Crippen molar-refractivity contribution in [2.45, 2.75) is 33.4 Å². The van der Waals surface area contributed by atoms with E-state index in [2.05, 4.69) is 5.10 Å². The van der Waals surface area contributed by atoms with Gasteiger partial charge in [-0.05, 0) is 13.0 Å². The molecule has 0 unspecified atom stereocenters. The van der Waals surface area contributed by atoms with Crippen LogP contribution in [0.2, 0.25) is 0 Å². The number of amides is 1. The smallest absolute Gasteiger partial charge is 0.222 e. The van der Waals surface area contributed by atoms with Crippen LogP contribution in [0.25, 0.3) is 0 Å². The SMILES string of the molecule is CCC(=O)N(C)Cc1ccnn1CC. The number of carbonyl (C=O) groups excluding carboxylic acids is 1. The summed E-state index contributed by atoms with van der Waals surface area (Å²) in [5.74, 6) is 0.161. The minimum absolute atomic E-state index is 0.161. The van der Waals surface area contributed by atoms with Crippen LogP contribution < -0.4 is 0 Å². The minimum atomic E-state index is 0.161. The molecule has 0 fully saturated rings. The molecule has 78 valence electrons. The lowest BCUT2D eigenvalue weighted by Gasteiger charge is -2.16. The fourth-order valence-electron chi connectivity index (χ4n) is 1.38. The van der Waals surface area contributed by atoms with Crippen molar-refractivity contribution < 1.29 is 4.79 Å². The van der Waals surface area contributed by atoms with E-state index in [0.29, 0.717) is 13.0 Å². The lowest BCUT2D eigenvalue weighted by atomic mass is 10.3. The van der Waals surface area contributed by atoms with Crippen molar-refractivity contribution in [3.8, 4) is 0 Å². The molecule has 0 aliphatic carbocycles. The van der Waals surface area contributed by atoms with Gasteiger partial charge in [0.05, 0.1) is 12.2 Å². The van der Waals surface area contributed by atoms with Crippen LogP contribution in [0.5, 0.6) is 0 Å². The van der Waals surface area contributed by atoms with Gasteiger partial charge in [0, 0.05) is 26.2 Å². The molecule has 1 amide bonds. The summed E-state index contributed by atoms with van der Waals surface area (Å²) in [6, 6.07) is 1.95.